The second-order valence-corrected chi connectivity index (χ2v) is 6.34. The van der Waals surface area contributed by atoms with E-state index in [2.05, 4.69) is 0 Å². The molecule has 1 heterocycles. The van der Waals surface area contributed by atoms with Crippen LogP contribution in [0.4, 0.5) is 0 Å². The smallest absolute Gasteiger partial charge is 0.249 e. The van der Waals surface area contributed by atoms with Crippen molar-refractivity contribution in [3.63, 3.8) is 0 Å². The van der Waals surface area contributed by atoms with Gasteiger partial charge in [-0.2, -0.15) is 0 Å². The number of primary amides is 1. The van der Waals surface area contributed by atoms with Crippen molar-refractivity contribution in [2.45, 2.75) is 68.3 Å². The van der Waals surface area contributed by atoms with Crippen LogP contribution >= 0.6 is 0 Å². The number of aliphatic hydroxyl groups is 4. The summed E-state index contributed by atoms with van der Waals surface area (Å²) in [6, 6.07) is -1.79. The number of aliphatic hydroxyl groups excluding tert-OH is 4. The summed E-state index contributed by atoms with van der Waals surface area (Å²) in [6.07, 6.45) is -8.84. The number of carbonyl (C=O) groups is 1. The third-order valence-corrected chi connectivity index (χ3v) is 4.56. The molecule has 10 N–H and O–H groups in total. The van der Waals surface area contributed by atoms with Gasteiger partial charge in [0.1, 0.15) is 24.4 Å². The summed E-state index contributed by atoms with van der Waals surface area (Å²) in [7, 11) is 0. The first kappa shape index (κ1) is 18.5. The van der Waals surface area contributed by atoms with Crippen molar-refractivity contribution < 1.29 is 34.7 Å². The topological polar surface area (TPSA) is 195 Å². The lowest BCUT2D eigenvalue weighted by atomic mass is 9.80. The Morgan fingerprint density at radius 2 is 1.70 bits per heavy atom. The van der Waals surface area contributed by atoms with Gasteiger partial charge in [-0.15, -0.1) is 0 Å². The summed E-state index contributed by atoms with van der Waals surface area (Å²) >= 11 is 0. The lowest BCUT2D eigenvalue weighted by molar-refractivity contribution is -0.285. The minimum absolute atomic E-state index is 0.216. The Morgan fingerprint density at radius 3 is 2.26 bits per heavy atom. The highest BCUT2D eigenvalue weighted by Gasteiger charge is 2.49. The van der Waals surface area contributed by atoms with Crippen LogP contribution in [0.2, 0.25) is 0 Å². The first-order valence-corrected chi connectivity index (χ1v) is 7.48. The molecule has 0 bridgehead atoms. The predicted molar refractivity (Wildman–Crippen MR) is 76.5 cm³/mol. The van der Waals surface area contributed by atoms with Gasteiger partial charge in [-0.05, 0) is 12.3 Å². The molecule has 1 saturated carbocycles. The zero-order chi connectivity index (χ0) is 17.5. The Balaban J connectivity index is 2.12. The van der Waals surface area contributed by atoms with Crippen LogP contribution in [0.25, 0.3) is 0 Å². The van der Waals surface area contributed by atoms with Crippen molar-refractivity contribution in [1.29, 1.82) is 0 Å². The summed E-state index contributed by atoms with van der Waals surface area (Å²) in [5, 5.41) is 39.7. The van der Waals surface area contributed by atoms with E-state index in [4.69, 9.17) is 26.7 Å². The average Bonchev–Trinajstić information content (AvgIpc) is 2.48. The molecule has 2 fully saturated rings. The van der Waals surface area contributed by atoms with E-state index in [1.54, 1.807) is 6.92 Å². The number of amides is 1. The number of hydrogen-bond donors (Lipinski definition) is 7. The molecule has 1 saturated heterocycles. The van der Waals surface area contributed by atoms with E-state index in [0.717, 1.165) is 0 Å². The second-order valence-electron chi connectivity index (χ2n) is 6.34. The van der Waals surface area contributed by atoms with Crippen LogP contribution in [0.5, 0.6) is 0 Å². The molecule has 0 radical (unpaired) electrons. The van der Waals surface area contributed by atoms with Gasteiger partial charge >= 0.3 is 0 Å². The largest absolute Gasteiger partial charge is 0.390 e. The first-order chi connectivity index (χ1) is 10.6. The van der Waals surface area contributed by atoms with Gasteiger partial charge in [-0.1, -0.05) is 6.92 Å². The molecule has 10 atom stereocenters. The molecular formula is C13H25N3O7. The van der Waals surface area contributed by atoms with Crippen molar-refractivity contribution in [2.75, 3.05) is 0 Å². The Labute approximate surface area is 133 Å². The van der Waals surface area contributed by atoms with Crippen molar-refractivity contribution in [2.24, 2.45) is 23.1 Å². The maximum Gasteiger partial charge on any atom is 0.249 e. The first-order valence-electron chi connectivity index (χ1n) is 7.48. The van der Waals surface area contributed by atoms with Crippen molar-refractivity contribution in [3.05, 3.63) is 0 Å². The average molecular weight is 335 g/mol. The summed E-state index contributed by atoms with van der Waals surface area (Å²) in [6.45, 7) is 1.75. The number of rotatable bonds is 3. The minimum Gasteiger partial charge on any atom is -0.390 e. The van der Waals surface area contributed by atoms with E-state index in [9.17, 15) is 25.2 Å². The molecule has 1 amide bonds. The molecule has 0 aromatic carbocycles. The monoisotopic (exact) mass is 335 g/mol. The molecular weight excluding hydrogens is 310 g/mol. The number of hydrogen-bond acceptors (Lipinski definition) is 9. The molecule has 1 aliphatic heterocycles. The molecule has 1 aliphatic carbocycles. The molecule has 0 aromatic heterocycles. The standard InChI is InChI=1S/C13H25N3O7/c1-3-2-4(14)10(8(19)6(3)17)22-13-5(15)7(18)9(20)11(23-13)12(16)21/h3-11,13,17-20H,2,14-15H2,1H3,(H2,16,21)/t3-,4?,5?,6?,7-,8-,9+,10-,11?,13+/m1/s1. The normalized spacial score (nSPS) is 51.4. The summed E-state index contributed by atoms with van der Waals surface area (Å²) < 4.78 is 10.8. The Morgan fingerprint density at radius 1 is 1.09 bits per heavy atom. The van der Waals surface area contributed by atoms with Gasteiger partial charge in [0.05, 0.1) is 12.1 Å². The fraction of sp³-hybridized carbons (Fsp3) is 0.923. The van der Waals surface area contributed by atoms with Crippen molar-refractivity contribution >= 4 is 5.91 Å². The highest BCUT2D eigenvalue weighted by molar-refractivity contribution is 5.79. The minimum atomic E-state index is -1.59. The number of nitrogens with two attached hydrogens (primary N) is 3. The molecule has 10 nitrogen and oxygen atoms in total. The maximum absolute atomic E-state index is 11.3. The van der Waals surface area contributed by atoms with E-state index in [1.165, 1.54) is 0 Å². The summed E-state index contributed by atoms with van der Waals surface area (Å²) in [5.41, 5.74) is 16.8. The zero-order valence-electron chi connectivity index (χ0n) is 12.7. The van der Waals surface area contributed by atoms with Crippen molar-refractivity contribution in [1.82, 2.24) is 0 Å². The van der Waals surface area contributed by atoms with Crippen LogP contribution < -0.4 is 17.2 Å². The van der Waals surface area contributed by atoms with Gasteiger partial charge in [0, 0.05) is 6.04 Å². The maximum atomic E-state index is 11.3. The fourth-order valence-corrected chi connectivity index (χ4v) is 3.06. The quantitative estimate of drug-likeness (QED) is 0.267. The van der Waals surface area contributed by atoms with E-state index in [-0.39, 0.29) is 5.92 Å². The van der Waals surface area contributed by atoms with E-state index < -0.39 is 60.9 Å². The summed E-state index contributed by atoms with van der Waals surface area (Å²) in [5.74, 6) is -1.20. The van der Waals surface area contributed by atoms with E-state index >= 15 is 0 Å². The number of ether oxygens (including phenoxy) is 2. The van der Waals surface area contributed by atoms with Gasteiger partial charge in [-0.3, -0.25) is 4.79 Å². The van der Waals surface area contributed by atoms with Crippen LogP contribution in [0.1, 0.15) is 13.3 Å². The molecule has 0 aromatic rings. The highest BCUT2D eigenvalue weighted by Crippen LogP contribution is 2.29. The second kappa shape index (κ2) is 6.95. The van der Waals surface area contributed by atoms with Gasteiger partial charge in [0.15, 0.2) is 12.4 Å². The highest BCUT2D eigenvalue weighted by atomic mass is 16.7. The molecule has 10 heteroatoms. The Hall–Kier alpha value is -0.850. The van der Waals surface area contributed by atoms with Crippen LogP contribution in [-0.2, 0) is 14.3 Å². The van der Waals surface area contributed by atoms with Crippen molar-refractivity contribution in [3.8, 4) is 0 Å². The third-order valence-electron chi connectivity index (χ3n) is 4.56. The van der Waals surface area contributed by atoms with Crippen LogP contribution in [0.15, 0.2) is 0 Å². The SMILES string of the molecule is C[C@@H]1CC(N)[C@@H](O[C@H]2OC(C(N)=O)[C@@H](O)[C@H](O)C2N)[C@H](O)C1O. The predicted octanol–water partition coefficient (Wildman–Crippen LogP) is -4.28. The molecule has 4 unspecified atom stereocenters. The van der Waals surface area contributed by atoms with Gasteiger partial charge < -0.3 is 47.1 Å². The molecule has 134 valence electrons. The van der Waals surface area contributed by atoms with Crippen LogP contribution in [0, 0.1) is 5.92 Å². The van der Waals surface area contributed by atoms with E-state index in [0.29, 0.717) is 6.42 Å². The Bertz CT molecular complexity index is 440. The summed E-state index contributed by atoms with van der Waals surface area (Å²) in [4.78, 5) is 11.3. The zero-order valence-corrected chi connectivity index (χ0v) is 12.7. The Kier molecular flexibility index (Phi) is 5.59. The molecule has 2 aliphatic rings. The van der Waals surface area contributed by atoms with E-state index in [1.807, 2.05) is 0 Å². The third kappa shape index (κ3) is 3.49. The lowest BCUT2D eigenvalue weighted by Crippen LogP contribution is -2.67. The molecule has 2 rings (SSSR count). The van der Waals surface area contributed by atoms with Crippen LogP contribution in [-0.4, -0.2) is 81.3 Å². The van der Waals surface area contributed by atoms with Gasteiger partial charge in [0.2, 0.25) is 5.91 Å². The fourth-order valence-electron chi connectivity index (χ4n) is 3.06. The lowest BCUT2D eigenvalue weighted by Gasteiger charge is -2.45. The van der Waals surface area contributed by atoms with Gasteiger partial charge in [0.25, 0.3) is 0 Å². The number of carbonyl (C=O) groups excluding carboxylic acids is 1. The molecule has 23 heavy (non-hydrogen) atoms. The van der Waals surface area contributed by atoms with Crippen LogP contribution in [0.3, 0.4) is 0 Å². The molecule has 0 spiro atoms. The van der Waals surface area contributed by atoms with Gasteiger partial charge in [-0.25, -0.2) is 0 Å².